The molecule has 0 spiro atoms. The van der Waals surface area contributed by atoms with Crippen molar-refractivity contribution in [3.63, 3.8) is 0 Å². The zero-order chi connectivity index (χ0) is 24.2. The molecule has 0 saturated carbocycles. The van der Waals surface area contributed by atoms with Crippen LogP contribution in [0.3, 0.4) is 0 Å². The molecular weight excluding hydrogens is 462 g/mol. The summed E-state index contributed by atoms with van der Waals surface area (Å²) in [5, 5.41) is 0.571. The quantitative estimate of drug-likeness (QED) is 0.382. The summed E-state index contributed by atoms with van der Waals surface area (Å²) in [6.45, 7) is 1.96. The third-order valence-corrected chi connectivity index (χ3v) is 4.94. The van der Waals surface area contributed by atoms with Crippen LogP contribution in [-0.2, 0) is 6.54 Å². The standard InChI is InChI=1S/C22H18ClN7O4/c1-12-8-15(6-7-17(12)34-18-10-25-16(9-26-18)19(24)31)27-20-28-21(32)29-22(33)30(20)11-13-2-4-14(23)5-3-13/h2-10H,11H2,1H3,(H2,24,31)(H2,27,28,29,32,33). The fraction of sp³-hybridized carbons (Fsp3) is 0.0909. The Bertz CT molecular complexity index is 1540. The molecule has 0 aliphatic heterocycles. The van der Waals surface area contributed by atoms with Crippen LogP contribution in [-0.4, -0.2) is 30.4 Å². The summed E-state index contributed by atoms with van der Waals surface area (Å²) in [5.74, 6) is -0.0293. The SMILES string of the molecule is Cc1cc(/N=c2\[nH]c(=O)[nH]c(=O)n2Cc2ccc(Cl)cc2)ccc1Oc1cnc(C(N)=O)cn1. The first-order chi connectivity index (χ1) is 16.3. The van der Waals surface area contributed by atoms with Gasteiger partial charge in [0.25, 0.3) is 5.91 Å². The lowest BCUT2D eigenvalue weighted by Crippen LogP contribution is -2.44. The smallest absolute Gasteiger partial charge is 0.332 e. The second-order valence-corrected chi connectivity index (χ2v) is 7.62. The Hall–Kier alpha value is -4.51. The number of ether oxygens (including phenoxy) is 1. The number of halogens is 1. The van der Waals surface area contributed by atoms with Crippen LogP contribution < -0.4 is 27.5 Å². The van der Waals surface area contributed by atoms with Gasteiger partial charge in [-0.1, -0.05) is 23.7 Å². The lowest BCUT2D eigenvalue weighted by Gasteiger charge is -2.09. The fourth-order valence-electron chi connectivity index (χ4n) is 3.02. The Morgan fingerprint density at radius 1 is 1.12 bits per heavy atom. The van der Waals surface area contributed by atoms with Crippen LogP contribution in [0.5, 0.6) is 11.6 Å². The molecular formula is C22H18ClN7O4. The predicted octanol–water partition coefficient (Wildman–Crippen LogP) is 1.79. The van der Waals surface area contributed by atoms with Crippen molar-refractivity contribution in [2.24, 2.45) is 10.7 Å². The summed E-state index contributed by atoms with van der Waals surface area (Å²) in [5.41, 5.74) is 5.96. The number of aromatic amines is 2. The lowest BCUT2D eigenvalue weighted by molar-refractivity contribution is 0.0995. The molecule has 0 unspecified atom stereocenters. The van der Waals surface area contributed by atoms with Crippen LogP contribution in [0.25, 0.3) is 0 Å². The number of nitrogens with zero attached hydrogens (tertiary/aromatic N) is 4. The number of hydrogen-bond donors (Lipinski definition) is 3. The van der Waals surface area contributed by atoms with Gasteiger partial charge in [-0.15, -0.1) is 0 Å². The Labute approximate surface area is 196 Å². The van der Waals surface area contributed by atoms with Gasteiger partial charge in [-0.05, 0) is 48.4 Å². The van der Waals surface area contributed by atoms with Crippen LogP contribution in [0.1, 0.15) is 21.6 Å². The fourth-order valence-corrected chi connectivity index (χ4v) is 3.14. The Kier molecular flexibility index (Phi) is 6.37. The number of carbonyl (C=O) groups is 1. The maximum atomic E-state index is 12.5. The number of nitrogens with one attached hydrogen (secondary N) is 2. The van der Waals surface area contributed by atoms with E-state index >= 15 is 0 Å². The normalized spacial score (nSPS) is 11.4. The van der Waals surface area contributed by atoms with E-state index in [1.165, 1.54) is 17.0 Å². The van der Waals surface area contributed by atoms with Gasteiger partial charge in [0, 0.05) is 5.02 Å². The number of carbonyl (C=O) groups excluding carboxylic acids is 1. The number of amides is 1. The van der Waals surface area contributed by atoms with Gasteiger partial charge in [0.1, 0.15) is 11.4 Å². The largest absolute Gasteiger partial charge is 0.437 e. The van der Waals surface area contributed by atoms with E-state index in [4.69, 9.17) is 22.1 Å². The summed E-state index contributed by atoms with van der Waals surface area (Å²) >= 11 is 5.93. The first-order valence-corrected chi connectivity index (χ1v) is 10.3. The average Bonchev–Trinajstić information content (AvgIpc) is 2.79. The Morgan fingerprint density at radius 2 is 1.88 bits per heavy atom. The summed E-state index contributed by atoms with van der Waals surface area (Å²) in [6.07, 6.45) is 2.51. The van der Waals surface area contributed by atoms with Gasteiger partial charge >= 0.3 is 11.4 Å². The van der Waals surface area contributed by atoms with Crippen LogP contribution in [0.15, 0.2) is 69.4 Å². The summed E-state index contributed by atoms with van der Waals surface area (Å²) < 4.78 is 7.01. The van der Waals surface area contributed by atoms with Gasteiger partial charge < -0.3 is 10.5 Å². The number of rotatable bonds is 6. The summed E-state index contributed by atoms with van der Waals surface area (Å²) in [7, 11) is 0. The van der Waals surface area contributed by atoms with Gasteiger partial charge in [-0.2, -0.15) is 0 Å². The Balaban J connectivity index is 1.65. The van der Waals surface area contributed by atoms with Gasteiger partial charge in [0.15, 0.2) is 0 Å². The van der Waals surface area contributed by atoms with E-state index in [-0.39, 0.29) is 23.7 Å². The average molecular weight is 480 g/mol. The molecule has 0 atom stereocenters. The molecule has 1 amide bonds. The van der Waals surface area contributed by atoms with Crippen LogP contribution in [0.2, 0.25) is 5.02 Å². The number of nitrogens with two attached hydrogens (primary N) is 1. The highest BCUT2D eigenvalue weighted by Gasteiger charge is 2.08. The molecule has 0 fully saturated rings. The van der Waals surface area contributed by atoms with Crippen molar-refractivity contribution in [3.05, 3.63) is 103 Å². The summed E-state index contributed by atoms with van der Waals surface area (Å²) in [6, 6.07) is 12.0. The van der Waals surface area contributed by atoms with E-state index in [1.807, 2.05) is 0 Å². The highest BCUT2D eigenvalue weighted by atomic mass is 35.5. The number of H-pyrrole nitrogens is 2. The first-order valence-electron chi connectivity index (χ1n) is 9.91. The van der Waals surface area contributed by atoms with Gasteiger partial charge in [0.2, 0.25) is 11.5 Å². The van der Waals surface area contributed by atoms with E-state index in [2.05, 4.69) is 24.9 Å². The topological polar surface area (TPSA) is 161 Å². The van der Waals surface area contributed by atoms with E-state index in [1.54, 1.807) is 49.4 Å². The first kappa shape index (κ1) is 22.7. The van der Waals surface area contributed by atoms with E-state index in [0.717, 1.165) is 5.56 Å². The number of hydrogen-bond acceptors (Lipinski definition) is 7. The molecule has 4 aromatic rings. The number of primary amides is 1. The molecule has 11 nitrogen and oxygen atoms in total. The van der Waals surface area contributed by atoms with Crippen LogP contribution in [0.4, 0.5) is 5.69 Å². The molecule has 0 aliphatic carbocycles. The molecule has 2 aromatic carbocycles. The minimum absolute atomic E-state index is 0.0250. The molecule has 34 heavy (non-hydrogen) atoms. The lowest BCUT2D eigenvalue weighted by atomic mass is 10.2. The van der Waals surface area contributed by atoms with Crippen molar-refractivity contribution in [3.8, 4) is 11.6 Å². The molecule has 0 saturated heterocycles. The molecule has 0 aliphatic rings. The second-order valence-electron chi connectivity index (χ2n) is 7.19. The third kappa shape index (κ3) is 5.27. The second kappa shape index (κ2) is 9.55. The van der Waals surface area contributed by atoms with Gasteiger partial charge in [-0.25, -0.2) is 24.5 Å². The third-order valence-electron chi connectivity index (χ3n) is 4.69. The number of benzene rings is 2. The Morgan fingerprint density at radius 3 is 2.53 bits per heavy atom. The van der Waals surface area contributed by atoms with Crippen molar-refractivity contribution in [2.45, 2.75) is 13.5 Å². The van der Waals surface area contributed by atoms with Crippen molar-refractivity contribution in [1.82, 2.24) is 24.5 Å². The molecule has 2 aromatic heterocycles. The van der Waals surface area contributed by atoms with Crippen molar-refractivity contribution >= 4 is 23.2 Å². The van der Waals surface area contributed by atoms with E-state index in [0.29, 0.717) is 22.0 Å². The molecule has 0 bridgehead atoms. The number of aryl methyl sites for hydroxylation is 1. The van der Waals surface area contributed by atoms with E-state index < -0.39 is 17.3 Å². The van der Waals surface area contributed by atoms with Crippen LogP contribution in [0, 0.1) is 6.92 Å². The zero-order valence-corrected chi connectivity index (χ0v) is 18.5. The maximum Gasteiger partial charge on any atom is 0.332 e. The molecule has 4 N–H and O–H groups in total. The monoisotopic (exact) mass is 479 g/mol. The van der Waals surface area contributed by atoms with Gasteiger partial charge in [0.05, 0.1) is 24.6 Å². The molecule has 2 heterocycles. The predicted molar refractivity (Wildman–Crippen MR) is 123 cm³/mol. The minimum Gasteiger partial charge on any atom is -0.437 e. The molecule has 0 radical (unpaired) electrons. The highest BCUT2D eigenvalue weighted by molar-refractivity contribution is 6.30. The molecule has 4 rings (SSSR count). The van der Waals surface area contributed by atoms with Gasteiger partial charge in [-0.3, -0.25) is 19.3 Å². The number of aromatic nitrogens is 5. The van der Waals surface area contributed by atoms with Crippen LogP contribution >= 0.6 is 11.6 Å². The summed E-state index contributed by atoms with van der Waals surface area (Å²) in [4.78, 5) is 52.5. The zero-order valence-electron chi connectivity index (χ0n) is 17.8. The van der Waals surface area contributed by atoms with E-state index in [9.17, 15) is 14.4 Å². The maximum absolute atomic E-state index is 12.5. The van der Waals surface area contributed by atoms with Crippen molar-refractivity contribution < 1.29 is 9.53 Å². The van der Waals surface area contributed by atoms with Crippen molar-refractivity contribution in [2.75, 3.05) is 0 Å². The van der Waals surface area contributed by atoms with Crippen molar-refractivity contribution in [1.29, 1.82) is 0 Å². The molecule has 172 valence electrons. The molecule has 12 heteroatoms. The minimum atomic E-state index is -0.688. The highest BCUT2D eigenvalue weighted by Crippen LogP contribution is 2.26.